The number of aromatic nitrogens is 2. The fourth-order valence-corrected chi connectivity index (χ4v) is 2.34. The molecule has 2 aromatic heterocycles. The lowest BCUT2D eigenvalue weighted by molar-refractivity contribution is 0.893. The van der Waals surface area contributed by atoms with E-state index in [9.17, 15) is 4.79 Å². The van der Waals surface area contributed by atoms with Gasteiger partial charge >= 0.3 is 0 Å². The molecule has 0 amide bonds. The van der Waals surface area contributed by atoms with E-state index in [0.717, 1.165) is 40.7 Å². The van der Waals surface area contributed by atoms with Gasteiger partial charge in [0.25, 0.3) is 0 Å². The van der Waals surface area contributed by atoms with Crippen molar-refractivity contribution in [3.05, 3.63) is 38.8 Å². The first-order chi connectivity index (χ1) is 8.04. The van der Waals surface area contributed by atoms with Gasteiger partial charge in [-0.1, -0.05) is 13.3 Å². The number of rotatable bonds is 2. The number of aryl methyl sites for hydroxylation is 3. The number of pyridine rings is 2. The van der Waals surface area contributed by atoms with Gasteiger partial charge < -0.3 is 4.98 Å². The fraction of sp³-hybridized carbons (Fsp3) is 0.429. The number of fused-ring (bicyclic) bond motifs is 1. The molecule has 0 aliphatic rings. The highest BCUT2D eigenvalue weighted by Gasteiger charge is 2.11. The molecule has 0 aromatic carbocycles. The molecule has 2 aromatic rings. The summed E-state index contributed by atoms with van der Waals surface area (Å²) in [6.07, 6.45) is 1.80. The van der Waals surface area contributed by atoms with Gasteiger partial charge in [-0.05, 0) is 38.8 Å². The number of hydrogen-bond acceptors (Lipinski definition) is 2. The summed E-state index contributed by atoms with van der Waals surface area (Å²) in [7, 11) is 0. The lowest BCUT2D eigenvalue weighted by Gasteiger charge is -2.09. The van der Waals surface area contributed by atoms with Crippen LogP contribution in [-0.4, -0.2) is 9.97 Å². The molecule has 0 aliphatic heterocycles. The van der Waals surface area contributed by atoms with Gasteiger partial charge in [-0.25, -0.2) is 4.98 Å². The number of nitrogens with zero attached hydrogens (tertiary/aromatic N) is 1. The molecule has 0 unspecified atom stereocenters. The SMILES string of the molecule is CCCc1c(C)[nH]c2nc(C)cc(C)c2c1=O. The predicted octanol–water partition coefficient (Wildman–Crippen LogP) is 2.80. The lowest BCUT2D eigenvalue weighted by atomic mass is 10.0. The van der Waals surface area contributed by atoms with Crippen LogP contribution in [0, 0.1) is 20.8 Å². The molecule has 0 bridgehead atoms. The molecule has 0 atom stereocenters. The molecule has 0 aliphatic carbocycles. The summed E-state index contributed by atoms with van der Waals surface area (Å²) < 4.78 is 0. The van der Waals surface area contributed by atoms with E-state index in [2.05, 4.69) is 16.9 Å². The Bertz CT molecular complexity index is 626. The first kappa shape index (κ1) is 11.8. The van der Waals surface area contributed by atoms with Crippen LogP contribution in [0.25, 0.3) is 11.0 Å². The first-order valence-corrected chi connectivity index (χ1v) is 6.04. The highest BCUT2D eigenvalue weighted by Crippen LogP contribution is 2.15. The largest absolute Gasteiger partial charge is 0.343 e. The van der Waals surface area contributed by atoms with Crippen molar-refractivity contribution in [3.63, 3.8) is 0 Å². The molecule has 0 saturated heterocycles. The molecule has 2 rings (SSSR count). The third kappa shape index (κ3) is 1.97. The summed E-state index contributed by atoms with van der Waals surface area (Å²) in [4.78, 5) is 20.1. The van der Waals surface area contributed by atoms with Crippen LogP contribution < -0.4 is 5.43 Å². The Balaban J connectivity index is 2.87. The highest BCUT2D eigenvalue weighted by molar-refractivity contribution is 5.79. The second-order valence-corrected chi connectivity index (χ2v) is 4.61. The first-order valence-electron chi connectivity index (χ1n) is 6.04. The smallest absolute Gasteiger partial charge is 0.194 e. The van der Waals surface area contributed by atoms with E-state index < -0.39 is 0 Å². The zero-order valence-corrected chi connectivity index (χ0v) is 10.8. The summed E-state index contributed by atoms with van der Waals surface area (Å²) in [5.41, 5.74) is 4.64. The van der Waals surface area contributed by atoms with Crippen molar-refractivity contribution in [2.45, 2.75) is 40.5 Å². The molecule has 1 N–H and O–H groups in total. The molecule has 0 fully saturated rings. The van der Waals surface area contributed by atoms with Crippen molar-refractivity contribution in [2.24, 2.45) is 0 Å². The fourth-order valence-electron chi connectivity index (χ4n) is 2.34. The second-order valence-electron chi connectivity index (χ2n) is 4.61. The minimum absolute atomic E-state index is 0.142. The van der Waals surface area contributed by atoms with Crippen molar-refractivity contribution < 1.29 is 0 Å². The number of nitrogens with one attached hydrogen (secondary N) is 1. The maximum Gasteiger partial charge on any atom is 0.194 e. The van der Waals surface area contributed by atoms with E-state index in [1.54, 1.807) is 0 Å². The van der Waals surface area contributed by atoms with Gasteiger partial charge in [-0.15, -0.1) is 0 Å². The zero-order chi connectivity index (χ0) is 12.6. The van der Waals surface area contributed by atoms with Crippen LogP contribution in [0.3, 0.4) is 0 Å². The van der Waals surface area contributed by atoms with Gasteiger partial charge in [0.1, 0.15) is 5.65 Å². The van der Waals surface area contributed by atoms with E-state index >= 15 is 0 Å². The average molecular weight is 230 g/mol. The average Bonchev–Trinajstić information content (AvgIpc) is 2.22. The summed E-state index contributed by atoms with van der Waals surface area (Å²) in [5.74, 6) is 0. The van der Waals surface area contributed by atoms with Crippen LogP contribution in [0.15, 0.2) is 10.9 Å². The number of H-pyrrole nitrogens is 1. The van der Waals surface area contributed by atoms with Gasteiger partial charge in [0.05, 0.1) is 5.39 Å². The van der Waals surface area contributed by atoms with E-state index in [0.29, 0.717) is 5.65 Å². The Morgan fingerprint density at radius 3 is 2.65 bits per heavy atom. The molecule has 2 heterocycles. The standard InChI is InChI=1S/C14H18N2O/c1-5-6-11-10(4)16-14-12(13(11)17)8(2)7-9(3)15-14/h7H,5-6H2,1-4H3,(H,15,16,17). The molecular weight excluding hydrogens is 212 g/mol. The summed E-state index contributed by atoms with van der Waals surface area (Å²) in [6, 6.07) is 1.96. The van der Waals surface area contributed by atoms with Gasteiger partial charge in [-0.2, -0.15) is 0 Å². The minimum atomic E-state index is 0.142. The van der Waals surface area contributed by atoms with E-state index in [1.165, 1.54) is 0 Å². The lowest BCUT2D eigenvalue weighted by Crippen LogP contribution is -2.15. The van der Waals surface area contributed by atoms with Crippen molar-refractivity contribution in [3.8, 4) is 0 Å². The molecule has 3 heteroatoms. The molecule has 0 spiro atoms. The summed E-state index contributed by atoms with van der Waals surface area (Å²) >= 11 is 0. The van der Waals surface area contributed by atoms with Crippen LogP contribution in [-0.2, 0) is 6.42 Å². The zero-order valence-electron chi connectivity index (χ0n) is 10.8. The van der Waals surface area contributed by atoms with Crippen molar-refractivity contribution in [1.82, 2.24) is 9.97 Å². The van der Waals surface area contributed by atoms with Gasteiger partial charge in [0, 0.05) is 17.0 Å². The van der Waals surface area contributed by atoms with Crippen LogP contribution >= 0.6 is 0 Å². The number of aromatic amines is 1. The van der Waals surface area contributed by atoms with Crippen LogP contribution in [0.1, 0.15) is 35.9 Å². The molecule has 17 heavy (non-hydrogen) atoms. The third-order valence-corrected chi connectivity index (χ3v) is 3.10. The van der Waals surface area contributed by atoms with Crippen LogP contribution in [0.4, 0.5) is 0 Å². The molecule has 3 nitrogen and oxygen atoms in total. The Hall–Kier alpha value is -1.64. The van der Waals surface area contributed by atoms with Crippen molar-refractivity contribution in [2.75, 3.05) is 0 Å². The van der Waals surface area contributed by atoms with Crippen molar-refractivity contribution >= 4 is 11.0 Å². The topological polar surface area (TPSA) is 45.8 Å². The molecular formula is C14H18N2O. The van der Waals surface area contributed by atoms with Gasteiger partial charge in [-0.3, -0.25) is 4.79 Å². The Morgan fingerprint density at radius 1 is 1.29 bits per heavy atom. The van der Waals surface area contributed by atoms with Gasteiger partial charge in [0.15, 0.2) is 5.43 Å². The summed E-state index contributed by atoms with van der Waals surface area (Å²) in [5, 5.41) is 0.740. The number of hydrogen-bond donors (Lipinski definition) is 1. The van der Waals surface area contributed by atoms with E-state index in [1.807, 2.05) is 26.8 Å². The van der Waals surface area contributed by atoms with Gasteiger partial charge in [0.2, 0.25) is 0 Å². The maximum absolute atomic E-state index is 12.4. The molecule has 0 saturated carbocycles. The normalized spacial score (nSPS) is 11.1. The minimum Gasteiger partial charge on any atom is -0.343 e. The van der Waals surface area contributed by atoms with Crippen LogP contribution in [0.5, 0.6) is 0 Å². The Labute approximate surface area is 101 Å². The maximum atomic E-state index is 12.4. The summed E-state index contributed by atoms with van der Waals surface area (Å²) in [6.45, 7) is 7.95. The molecule has 0 radical (unpaired) electrons. The third-order valence-electron chi connectivity index (χ3n) is 3.10. The van der Waals surface area contributed by atoms with Crippen molar-refractivity contribution in [1.29, 1.82) is 0 Å². The Kier molecular flexibility index (Phi) is 3.01. The monoisotopic (exact) mass is 230 g/mol. The van der Waals surface area contributed by atoms with E-state index in [4.69, 9.17) is 0 Å². The second kappa shape index (κ2) is 4.32. The Morgan fingerprint density at radius 2 is 2.00 bits per heavy atom. The highest BCUT2D eigenvalue weighted by atomic mass is 16.1. The van der Waals surface area contributed by atoms with Crippen LogP contribution in [0.2, 0.25) is 0 Å². The molecule has 90 valence electrons. The predicted molar refractivity (Wildman–Crippen MR) is 70.6 cm³/mol. The quantitative estimate of drug-likeness (QED) is 0.862. The van der Waals surface area contributed by atoms with E-state index in [-0.39, 0.29) is 5.43 Å².